The Kier molecular flexibility index (Phi) is 7.08. The van der Waals surface area contributed by atoms with Crippen molar-refractivity contribution in [1.82, 2.24) is 25.3 Å². The number of likely N-dealkylation sites (tertiary alicyclic amines) is 2. The standard InChI is InChI=1S/C22H35N5O2S/c1-25-10-7-16(8-11-25)27-12-9-19-21(27)22(29)24-14-17(26(19)2)5-6-20(28)23-15-18-4-3-13-30-18/h3-4,13,16-17,19,21H,5-12,14-15H2,1-2H3,(H,23,28)(H,24,29)/t17-,19-,21-/m0/s1. The lowest BCUT2D eigenvalue weighted by atomic mass is 10.0. The molecular formula is C22H35N5O2S. The fourth-order valence-electron chi connectivity index (χ4n) is 5.32. The Hall–Kier alpha value is -1.48. The summed E-state index contributed by atoms with van der Waals surface area (Å²) in [5, 5.41) is 8.23. The van der Waals surface area contributed by atoms with Gasteiger partial charge in [-0.05, 0) is 64.3 Å². The van der Waals surface area contributed by atoms with Crippen LogP contribution in [0.5, 0.6) is 0 Å². The van der Waals surface area contributed by atoms with Crippen LogP contribution in [0.25, 0.3) is 0 Å². The van der Waals surface area contributed by atoms with Crippen molar-refractivity contribution in [2.75, 3.05) is 40.3 Å². The molecule has 4 rings (SSSR count). The molecule has 0 bridgehead atoms. The highest BCUT2D eigenvalue weighted by molar-refractivity contribution is 7.09. The van der Waals surface area contributed by atoms with E-state index in [2.05, 4.69) is 39.4 Å². The lowest BCUT2D eigenvalue weighted by Gasteiger charge is -2.39. The number of amides is 2. The van der Waals surface area contributed by atoms with Crippen LogP contribution in [0.3, 0.4) is 0 Å². The first-order valence-electron chi connectivity index (χ1n) is 11.3. The zero-order valence-electron chi connectivity index (χ0n) is 18.2. The molecule has 0 aliphatic carbocycles. The van der Waals surface area contributed by atoms with Gasteiger partial charge >= 0.3 is 0 Å². The Labute approximate surface area is 183 Å². The highest BCUT2D eigenvalue weighted by Gasteiger charge is 2.47. The third-order valence-corrected chi connectivity index (χ3v) is 8.06. The average Bonchev–Trinajstić information content (AvgIpc) is 3.40. The molecule has 0 unspecified atom stereocenters. The molecule has 3 aliphatic rings. The topological polar surface area (TPSA) is 67.9 Å². The Balaban J connectivity index is 1.32. The Bertz CT molecular complexity index is 719. The predicted molar refractivity (Wildman–Crippen MR) is 119 cm³/mol. The van der Waals surface area contributed by atoms with Crippen molar-refractivity contribution in [2.45, 2.75) is 62.8 Å². The van der Waals surface area contributed by atoms with Gasteiger partial charge in [0, 0.05) is 42.5 Å². The summed E-state index contributed by atoms with van der Waals surface area (Å²) in [6.07, 6.45) is 4.58. The molecule has 8 heteroatoms. The summed E-state index contributed by atoms with van der Waals surface area (Å²) >= 11 is 1.66. The first kappa shape index (κ1) is 21.7. The fourth-order valence-corrected chi connectivity index (χ4v) is 5.96. The smallest absolute Gasteiger partial charge is 0.239 e. The van der Waals surface area contributed by atoms with Crippen molar-refractivity contribution in [3.05, 3.63) is 22.4 Å². The number of nitrogens with one attached hydrogen (secondary N) is 2. The summed E-state index contributed by atoms with van der Waals surface area (Å²) < 4.78 is 0. The van der Waals surface area contributed by atoms with Gasteiger partial charge in [-0.3, -0.25) is 19.4 Å². The average molecular weight is 434 g/mol. The number of carbonyl (C=O) groups is 2. The van der Waals surface area contributed by atoms with Crippen molar-refractivity contribution in [2.24, 2.45) is 0 Å². The van der Waals surface area contributed by atoms with Gasteiger partial charge in [-0.1, -0.05) is 6.07 Å². The van der Waals surface area contributed by atoms with E-state index in [9.17, 15) is 9.59 Å². The van der Waals surface area contributed by atoms with Crippen LogP contribution in [-0.4, -0.2) is 91.0 Å². The number of hydrogen-bond donors (Lipinski definition) is 2. The van der Waals surface area contributed by atoms with E-state index < -0.39 is 0 Å². The van der Waals surface area contributed by atoms with Crippen molar-refractivity contribution in [1.29, 1.82) is 0 Å². The van der Waals surface area contributed by atoms with Crippen molar-refractivity contribution in [3.8, 4) is 0 Å². The van der Waals surface area contributed by atoms with Crippen molar-refractivity contribution < 1.29 is 9.59 Å². The number of likely N-dealkylation sites (N-methyl/N-ethyl adjacent to an activating group) is 1. The van der Waals surface area contributed by atoms with E-state index in [-0.39, 0.29) is 29.9 Å². The SMILES string of the molecule is CN1CCC(N2CC[C@H]3[C@H]2C(=O)NC[C@H](CCC(=O)NCc2cccs2)N3C)CC1. The Morgan fingerprint density at radius 2 is 2.03 bits per heavy atom. The summed E-state index contributed by atoms with van der Waals surface area (Å²) in [5.41, 5.74) is 0. The molecule has 2 amide bonds. The maximum Gasteiger partial charge on any atom is 0.239 e. The quantitative estimate of drug-likeness (QED) is 0.704. The molecule has 0 saturated carbocycles. The van der Waals surface area contributed by atoms with Crippen LogP contribution in [-0.2, 0) is 16.1 Å². The third-order valence-electron chi connectivity index (χ3n) is 7.19. The Morgan fingerprint density at radius 3 is 2.77 bits per heavy atom. The van der Waals surface area contributed by atoms with E-state index in [1.165, 1.54) is 4.88 Å². The summed E-state index contributed by atoms with van der Waals surface area (Å²) in [7, 11) is 4.32. The van der Waals surface area contributed by atoms with Crippen molar-refractivity contribution in [3.63, 3.8) is 0 Å². The minimum absolute atomic E-state index is 0.0546. The van der Waals surface area contributed by atoms with Gasteiger partial charge in [0.25, 0.3) is 0 Å². The van der Waals surface area contributed by atoms with Crippen LogP contribution in [0.1, 0.15) is 37.0 Å². The van der Waals surface area contributed by atoms with Crippen LogP contribution in [0.4, 0.5) is 0 Å². The van der Waals surface area contributed by atoms with Gasteiger partial charge in [0.2, 0.25) is 11.8 Å². The number of hydrogen-bond acceptors (Lipinski definition) is 6. The normalized spacial score (nSPS) is 29.4. The van der Waals surface area contributed by atoms with Gasteiger partial charge in [0.05, 0.1) is 6.54 Å². The summed E-state index contributed by atoms with van der Waals surface area (Å²) in [4.78, 5) is 33.7. The first-order chi connectivity index (χ1) is 14.5. The number of piperidine rings is 1. The number of nitrogens with zero attached hydrogens (tertiary/aromatic N) is 3. The minimum Gasteiger partial charge on any atom is -0.353 e. The van der Waals surface area contributed by atoms with Crippen LogP contribution < -0.4 is 10.6 Å². The lowest BCUT2D eigenvalue weighted by molar-refractivity contribution is -0.127. The Morgan fingerprint density at radius 1 is 1.23 bits per heavy atom. The molecule has 7 nitrogen and oxygen atoms in total. The molecule has 1 aromatic heterocycles. The lowest BCUT2D eigenvalue weighted by Crippen LogP contribution is -2.54. The van der Waals surface area contributed by atoms with Crippen LogP contribution >= 0.6 is 11.3 Å². The molecule has 4 heterocycles. The summed E-state index contributed by atoms with van der Waals surface area (Å²) in [6, 6.07) is 4.94. The summed E-state index contributed by atoms with van der Waals surface area (Å²) in [6.45, 7) is 4.44. The van der Waals surface area contributed by atoms with E-state index in [1.54, 1.807) is 11.3 Å². The van der Waals surface area contributed by atoms with Gasteiger partial charge in [-0.25, -0.2) is 0 Å². The van der Waals surface area contributed by atoms with Gasteiger partial charge in [-0.15, -0.1) is 11.3 Å². The molecule has 0 spiro atoms. The second-order valence-electron chi connectivity index (χ2n) is 9.03. The molecule has 166 valence electrons. The maximum absolute atomic E-state index is 13.0. The third kappa shape index (κ3) is 4.88. The number of carbonyl (C=O) groups excluding carboxylic acids is 2. The molecule has 2 N–H and O–H groups in total. The monoisotopic (exact) mass is 433 g/mol. The second-order valence-corrected chi connectivity index (χ2v) is 10.1. The molecule has 30 heavy (non-hydrogen) atoms. The molecule has 3 saturated heterocycles. The molecule has 0 radical (unpaired) electrons. The summed E-state index contributed by atoms with van der Waals surface area (Å²) in [5.74, 6) is 0.260. The molecule has 3 aliphatic heterocycles. The second kappa shape index (κ2) is 9.77. The first-order valence-corrected chi connectivity index (χ1v) is 12.1. The largest absolute Gasteiger partial charge is 0.353 e. The molecule has 3 atom stereocenters. The van der Waals surface area contributed by atoms with Crippen molar-refractivity contribution >= 4 is 23.2 Å². The minimum atomic E-state index is -0.0546. The molecular weight excluding hydrogens is 398 g/mol. The maximum atomic E-state index is 13.0. The zero-order chi connectivity index (χ0) is 21.1. The van der Waals surface area contributed by atoms with Gasteiger partial charge in [0.15, 0.2) is 0 Å². The van der Waals surface area contributed by atoms with Gasteiger partial charge < -0.3 is 15.5 Å². The van der Waals surface area contributed by atoms with Gasteiger partial charge in [0.1, 0.15) is 6.04 Å². The van der Waals surface area contributed by atoms with Crippen LogP contribution in [0, 0.1) is 0 Å². The van der Waals surface area contributed by atoms with E-state index in [4.69, 9.17) is 0 Å². The number of rotatable bonds is 6. The predicted octanol–water partition coefficient (Wildman–Crippen LogP) is 1.11. The van der Waals surface area contributed by atoms with Gasteiger partial charge in [-0.2, -0.15) is 0 Å². The molecule has 0 aromatic carbocycles. The van der Waals surface area contributed by atoms with E-state index >= 15 is 0 Å². The van der Waals surface area contributed by atoms with E-state index in [0.29, 0.717) is 25.6 Å². The molecule has 3 fully saturated rings. The highest BCUT2D eigenvalue weighted by atomic mass is 32.1. The number of thiophene rings is 1. The van der Waals surface area contributed by atoms with Crippen LogP contribution in [0.15, 0.2) is 17.5 Å². The van der Waals surface area contributed by atoms with E-state index in [1.807, 2.05) is 17.5 Å². The number of fused-ring (bicyclic) bond motifs is 1. The van der Waals surface area contributed by atoms with Crippen LogP contribution in [0.2, 0.25) is 0 Å². The highest BCUT2D eigenvalue weighted by Crippen LogP contribution is 2.31. The molecule has 1 aromatic rings. The van der Waals surface area contributed by atoms with E-state index in [0.717, 1.165) is 45.3 Å². The zero-order valence-corrected chi connectivity index (χ0v) is 19.0. The fraction of sp³-hybridized carbons (Fsp3) is 0.727.